The molecule has 0 aliphatic carbocycles. The number of rotatable bonds is 5. The van der Waals surface area contributed by atoms with Gasteiger partial charge in [0.15, 0.2) is 0 Å². The van der Waals surface area contributed by atoms with Crippen molar-refractivity contribution in [3.8, 4) is 5.75 Å². The van der Waals surface area contributed by atoms with Crippen LogP contribution in [-0.4, -0.2) is 30.5 Å². The van der Waals surface area contributed by atoms with Crippen LogP contribution in [-0.2, 0) is 6.42 Å². The van der Waals surface area contributed by atoms with E-state index in [1.165, 1.54) is 36.9 Å². The number of nitrogens with zero attached hydrogens (tertiary/aromatic N) is 1. The summed E-state index contributed by atoms with van der Waals surface area (Å²) < 4.78 is 5.55. The molecule has 4 rings (SSSR count). The van der Waals surface area contributed by atoms with Crippen molar-refractivity contribution in [1.82, 2.24) is 4.90 Å². The van der Waals surface area contributed by atoms with Crippen molar-refractivity contribution in [2.24, 2.45) is 0 Å². The second kappa shape index (κ2) is 9.35. The van der Waals surface area contributed by atoms with Gasteiger partial charge < -0.3 is 9.64 Å². The first-order valence-electron chi connectivity index (χ1n) is 9.71. The Hall–Kier alpha value is -2.17. The molecule has 0 radical (unpaired) electrons. The first-order chi connectivity index (χ1) is 13.2. The predicted octanol–water partition coefficient (Wildman–Crippen LogP) is 5.58. The molecule has 0 atom stereocenters. The van der Waals surface area contributed by atoms with E-state index in [2.05, 4.69) is 23.1 Å². The summed E-state index contributed by atoms with van der Waals surface area (Å²) >= 11 is 0. The van der Waals surface area contributed by atoms with E-state index in [1.807, 2.05) is 37.3 Å². The van der Waals surface area contributed by atoms with E-state index in [0.717, 1.165) is 23.9 Å². The van der Waals surface area contributed by atoms with Crippen molar-refractivity contribution in [3.05, 3.63) is 77.4 Å². The van der Waals surface area contributed by atoms with Crippen LogP contribution in [0.5, 0.6) is 5.75 Å². The molecule has 3 aromatic rings. The molecule has 1 saturated heterocycles. The van der Waals surface area contributed by atoms with Gasteiger partial charge in [-0.25, -0.2) is 4.79 Å². The van der Waals surface area contributed by atoms with Gasteiger partial charge in [0.25, 0.3) is 0 Å². The third kappa shape index (κ3) is 5.00. The highest BCUT2D eigenvalue weighted by molar-refractivity contribution is 8.93. The average molecular weight is 440 g/mol. The van der Waals surface area contributed by atoms with Crippen LogP contribution in [0.25, 0.3) is 10.8 Å². The molecule has 0 amide bonds. The number of benzene rings is 3. The van der Waals surface area contributed by atoms with Gasteiger partial charge in [-0.1, -0.05) is 42.0 Å². The molecule has 28 heavy (non-hydrogen) atoms. The molecule has 1 aliphatic heterocycles. The summed E-state index contributed by atoms with van der Waals surface area (Å²) in [5.74, 6) is 0.259. The smallest absolute Gasteiger partial charge is 0.343 e. The van der Waals surface area contributed by atoms with Gasteiger partial charge in [0.05, 0.1) is 5.56 Å². The third-order valence-corrected chi connectivity index (χ3v) is 5.29. The van der Waals surface area contributed by atoms with Gasteiger partial charge in [-0.05, 0) is 79.9 Å². The number of aryl methyl sites for hydroxylation is 1. The van der Waals surface area contributed by atoms with Gasteiger partial charge >= 0.3 is 5.97 Å². The molecule has 1 aliphatic rings. The van der Waals surface area contributed by atoms with Gasteiger partial charge in [-0.15, -0.1) is 17.0 Å². The van der Waals surface area contributed by atoms with Gasteiger partial charge in [0, 0.05) is 6.54 Å². The number of hydrogen-bond donors (Lipinski definition) is 0. The van der Waals surface area contributed by atoms with Crippen molar-refractivity contribution in [1.29, 1.82) is 0 Å². The van der Waals surface area contributed by atoms with Gasteiger partial charge in [-0.2, -0.15) is 0 Å². The molecular formula is C24H26BrNO2. The first kappa shape index (κ1) is 20.6. The maximum Gasteiger partial charge on any atom is 0.343 e. The predicted molar refractivity (Wildman–Crippen MR) is 120 cm³/mol. The molecule has 0 saturated carbocycles. The van der Waals surface area contributed by atoms with Crippen LogP contribution < -0.4 is 4.74 Å². The van der Waals surface area contributed by atoms with E-state index < -0.39 is 0 Å². The minimum Gasteiger partial charge on any atom is -0.423 e. The fourth-order valence-electron chi connectivity index (χ4n) is 3.64. The Morgan fingerprint density at radius 1 is 0.929 bits per heavy atom. The Labute approximate surface area is 177 Å². The Morgan fingerprint density at radius 2 is 1.61 bits per heavy atom. The summed E-state index contributed by atoms with van der Waals surface area (Å²) in [6, 6.07) is 19.8. The molecule has 4 heteroatoms. The fraction of sp³-hybridized carbons (Fsp3) is 0.292. The molecule has 3 nitrogen and oxygen atoms in total. The Kier molecular flexibility index (Phi) is 6.87. The van der Waals surface area contributed by atoms with Crippen molar-refractivity contribution in [3.63, 3.8) is 0 Å². The molecule has 0 bridgehead atoms. The SMILES string of the molecule is Br.Cc1ccc(C(=O)Oc2ccc3cc(CCN4CCCC4)ccc3c2)cc1. The van der Waals surface area contributed by atoms with Crippen LogP contribution in [0.2, 0.25) is 0 Å². The van der Waals surface area contributed by atoms with E-state index in [-0.39, 0.29) is 23.0 Å². The van der Waals surface area contributed by atoms with E-state index in [9.17, 15) is 4.79 Å². The zero-order chi connectivity index (χ0) is 18.6. The Bertz CT molecular complexity index is 946. The number of halogens is 1. The molecule has 0 N–H and O–H groups in total. The third-order valence-electron chi connectivity index (χ3n) is 5.29. The average Bonchev–Trinajstić information content (AvgIpc) is 3.20. The summed E-state index contributed by atoms with van der Waals surface area (Å²) in [5.41, 5.74) is 3.05. The standard InChI is InChI=1S/C24H25NO2.BrH/c1-18-4-7-20(8-5-18)24(26)27-23-11-10-21-16-19(6-9-22(21)17-23)12-15-25-13-2-3-14-25;/h4-11,16-17H,2-3,12-15H2,1H3;1H. The van der Waals surface area contributed by atoms with Crippen LogP contribution in [0, 0.1) is 6.92 Å². The number of esters is 1. The Morgan fingerprint density at radius 3 is 2.36 bits per heavy atom. The minimum atomic E-state index is -0.323. The van der Waals surface area contributed by atoms with Crippen LogP contribution in [0.1, 0.15) is 34.3 Å². The molecule has 1 heterocycles. The summed E-state index contributed by atoms with van der Waals surface area (Å²) in [4.78, 5) is 14.8. The second-order valence-corrected chi connectivity index (χ2v) is 7.40. The summed E-state index contributed by atoms with van der Waals surface area (Å²) in [6.07, 6.45) is 3.75. The van der Waals surface area contributed by atoms with Crippen LogP contribution in [0.4, 0.5) is 0 Å². The molecule has 1 fully saturated rings. The molecule has 0 spiro atoms. The van der Waals surface area contributed by atoms with Gasteiger partial charge in [-0.3, -0.25) is 0 Å². The van der Waals surface area contributed by atoms with Gasteiger partial charge in [0.2, 0.25) is 0 Å². The van der Waals surface area contributed by atoms with E-state index >= 15 is 0 Å². The van der Waals surface area contributed by atoms with Crippen molar-refractivity contribution in [2.45, 2.75) is 26.2 Å². The number of likely N-dealkylation sites (tertiary alicyclic amines) is 1. The molecule has 0 unspecified atom stereocenters. The van der Waals surface area contributed by atoms with Crippen molar-refractivity contribution < 1.29 is 9.53 Å². The van der Waals surface area contributed by atoms with Crippen LogP contribution in [0.15, 0.2) is 60.7 Å². The van der Waals surface area contributed by atoms with Crippen molar-refractivity contribution >= 4 is 33.7 Å². The zero-order valence-corrected chi connectivity index (χ0v) is 17.9. The summed E-state index contributed by atoms with van der Waals surface area (Å²) in [7, 11) is 0. The second-order valence-electron chi connectivity index (χ2n) is 7.40. The van der Waals surface area contributed by atoms with Crippen LogP contribution >= 0.6 is 17.0 Å². The highest BCUT2D eigenvalue weighted by Gasteiger charge is 2.11. The lowest BCUT2D eigenvalue weighted by atomic mass is 10.0. The quantitative estimate of drug-likeness (QED) is 0.383. The van der Waals surface area contributed by atoms with Gasteiger partial charge in [0.1, 0.15) is 5.75 Å². The maximum absolute atomic E-state index is 12.3. The number of hydrogen-bond acceptors (Lipinski definition) is 3. The Balaban J connectivity index is 0.00000225. The number of fused-ring (bicyclic) bond motifs is 1. The highest BCUT2D eigenvalue weighted by atomic mass is 79.9. The molecular weight excluding hydrogens is 414 g/mol. The first-order valence-corrected chi connectivity index (χ1v) is 9.71. The largest absolute Gasteiger partial charge is 0.423 e. The van der Waals surface area contributed by atoms with Crippen LogP contribution in [0.3, 0.4) is 0 Å². The number of carbonyl (C=O) groups excluding carboxylic acids is 1. The molecule has 146 valence electrons. The summed E-state index contributed by atoms with van der Waals surface area (Å²) in [6.45, 7) is 5.61. The maximum atomic E-state index is 12.3. The highest BCUT2D eigenvalue weighted by Crippen LogP contribution is 2.23. The lowest BCUT2D eigenvalue weighted by molar-refractivity contribution is 0.0735. The van der Waals surface area contributed by atoms with E-state index in [4.69, 9.17) is 4.74 Å². The minimum absolute atomic E-state index is 0. The molecule has 3 aromatic carbocycles. The lowest BCUT2D eigenvalue weighted by Gasteiger charge is -2.14. The lowest BCUT2D eigenvalue weighted by Crippen LogP contribution is -2.21. The van der Waals surface area contributed by atoms with E-state index in [1.54, 1.807) is 12.1 Å². The molecule has 0 aromatic heterocycles. The number of carbonyl (C=O) groups is 1. The normalized spacial score (nSPS) is 14.0. The topological polar surface area (TPSA) is 29.5 Å². The fourth-order valence-corrected chi connectivity index (χ4v) is 3.64. The van der Waals surface area contributed by atoms with E-state index in [0.29, 0.717) is 11.3 Å². The zero-order valence-electron chi connectivity index (χ0n) is 16.2. The van der Waals surface area contributed by atoms with Crippen molar-refractivity contribution in [2.75, 3.05) is 19.6 Å². The number of ether oxygens (including phenoxy) is 1. The monoisotopic (exact) mass is 439 g/mol. The summed E-state index contributed by atoms with van der Waals surface area (Å²) in [5, 5.41) is 2.28.